The van der Waals surface area contributed by atoms with Crippen molar-refractivity contribution in [1.82, 2.24) is 18.7 Å². The van der Waals surface area contributed by atoms with Gasteiger partial charge in [-0.2, -0.15) is 0 Å². The quantitative estimate of drug-likeness (QED) is 0.503. The number of imidazole rings is 1. The number of pyridine rings is 1. The maximum absolute atomic E-state index is 13.2. The summed E-state index contributed by atoms with van der Waals surface area (Å²) in [4.78, 5) is 17.7. The van der Waals surface area contributed by atoms with Gasteiger partial charge in [0.1, 0.15) is 0 Å². The largest absolute Gasteiger partial charge is 0.396 e. The number of aliphatic hydroxyl groups excluding tert-OH is 1. The fourth-order valence-corrected chi connectivity index (χ4v) is 4.15. The van der Waals surface area contributed by atoms with Crippen molar-refractivity contribution in [3.63, 3.8) is 0 Å². The molecular formula is C22H24N4O2. The van der Waals surface area contributed by atoms with Crippen molar-refractivity contribution < 1.29 is 5.11 Å². The number of aryl methyl sites for hydroxylation is 1. The topological polar surface area (TPSA) is 65.0 Å². The van der Waals surface area contributed by atoms with Gasteiger partial charge in [0.05, 0.1) is 28.6 Å². The molecule has 1 fully saturated rings. The van der Waals surface area contributed by atoms with E-state index in [0.717, 1.165) is 60.0 Å². The van der Waals surface area contributed by atoms with Crippen LogP contribution in [0.25, 0.3) is 22.1 Å². The minimum atomic E-state index is 0.0730. The van der Waals surface area contributed by atoms with Gasteiger partial charge < -0.3 is 9.67 Å². The van der Waals surface area contributed by atoms with Crippen LogP contribution in [0, 0.1) is 0 Å². The van der Waals surface area contributed by atoms with Gasteiger partial charge in [0.25, 0.3) is 0 Å². The molecule has 0 saturated heterocycles. The van der Waals surface area contributed by atoms with Gasteiger partial charge in [0, 0.05) is 31.1 Å². The summed E-state index contributed by atoms with van der Waals surface area (Å²) < 4.78 is 6.10. The standard InChI is InChI=1S/C22H24N4O2/c27-13-4-3-12-24-17(14-18-19(24)8-5-11-23-18)15-25-20-6-1-2-7-21(20)26(22(25)28)16-9-10-16/h1-2,5-8,11,14,16,27H,3-4,9-10,12-13,15H2. The number of hydrogen-bond acceptors (Lipinski definition) is 3. The average molecular weight is 376 g/mol. The number of aliphatic hydroxyl groups is 1. The highest BCUT2D eigenvalue weighted by Crippen LogP contribution is 2.36. The first kappa shape index (κ1) is 17.3. The molecule has 3 heterocycles. The lowest BCUT2D eigenvalue weighted by Gasteiger charge is -2.11. The monoisotopic (exact) mass is 376 g/mol. The number of fused-ring (bicyclic) bond motifs is 2. The van der Waals surface area contributed by atoms with Crippen molar-refractivity contribution in [2.45, 2.75) is 44.8 Å². The van der Waals surface area contributed by atoms with E-state index >= 15 is 0 Å². The van der Waals surface area contributed by atoms with E-state index in [1.54, 1.807) is 6.20 Å². The summed E-state index contributed by atoms with van der Waals surface area (Å²) in [7, 11) is 0. The number of nitrogens with zero attached hydrogens (tertiary/aromatic N) is 4. The van der Waals surface area contributed by atoms with Crippen molar-refractivity contribution in [3.05, 3.63) is 64.8 Å². The van der Waals surface area contributed by atoms with E-state index in [9.17, 15) is 4.79 Å². The van der Waals surface area contributed by atoms with Gasteiger partial charge >= 0.3 is 5.69 Å². The lowest BCUT2D eigenvalue weighted by molar-refractivity contribution is 0.281. The van der Waals surface area contributed by atoms with Gasteiger partial charge in [-0.15, -0.1) is 0 Å². The van der Waals surface area contributed by atoms with E-state index < -0.39 is 0 Å². The Kier molecular flexibility index (Phi) is 4.28. The lowest BCUT2D eigenvalue weighted by Crippen LogP contribution is -2.25. The third-order valence-electron chi connectivity index (χ3n) is 5.65. The van der Waals surface area contributed by atoms with Crippen molar-refractivity contribution in [2.75, 3.05) is 6.61 Å². The predicted octanol–water partition coefficient (Wildman–Crippen LogP) is 3.31. The number of para-hydroxylation sites is 2. The molecule has 1 saturated carbocycles. The smallest absolute Gasteiger partial charge is 0.329 e. The van der Waals surface area contributed by atoms with Gasteiger partial charge in [-0.25, -0.2) is 4.79 Å². The molecule has 6 nitrogen and oxygen atoms in total. The summed E-state index contributed by atoms with van der Waals surface area (Å²) in [6, 6.07) is 14.5. The number of benzene rings is 1. The second-order valence-corrected chi connectivity index (χ2v) is 7.58. The third kappa shape index (κ3) is 2.85. The first-order chi connectivity index (χ1) is 13.8. The highest BCUT2D eigenvalue weighted by molar-refractivity contribution is 5.78. The van der Waals surface area contributed by atoms with Crippen molar-refractivity contribution in [3.8, 4) is 0 Å². The minimum absolute atomic E-state index is 0.0730. The summed E-state index contributed by atoms with van der Waals surface area (Å²) in [6.07, 6.45) is 5.62. The van der Waals surface area contributed by atoms with Crippen LogP contribution in [0.4, 0.5) is 0 Å². The second kappa shape index (κ2) is 6.95. The highest BCUT2D eigenvalue weighted by Gasteiger charge is 2.29. The molecule has 6 heteroatoms. The van der Waals surface area contributed by atoms with Crippen LogP contribution in [0.3, 0.4) is 0 Å². The molecule has 1 N–H and O–H groups in total. The van der Waals surface area contributed by atoms with Crippen molar-refractivity contribution in [1.29, 1.82) is 0 Å². The maximum Gasteiger partial charge on any atom is 0.329 e. The number of unbranched alkanes of at least 4 members (excludes halogenated alkanes) is 1. The van der Waals surface area contributed by atoms with Crippen LogP contribution in [-0.4, -0.2) is 30.4 Å². The molecule has 3 aromatic heterocycles. The Hall–Kier alpha value is -2.86. The molecule has 0 unspecified atom stereocenters. The maximum atomic E-state index is 13.2. The molecule has 1 aliphatic carbocycles. The van der Waals surface area contributed by atoms with Gasteiger partial charge in [0.2, 0.25) is 0 Å². The fourth-order valence-electron chi connectivity index (χ4n) is 4.15. The molecule has 5 rings (SSSR count). The van der Waals surface area contributed by atoms with E-state index in [4.69, 9.17) is 5.11 Å². The zero-order valence-electron chi connectivity index (χ0n) is 15.8. The second-order valence-electron chi connectivity index (χ2n) is 7.58. The first-order valence-corrected chi connectivity index (χ1v) is 10.0. The Balaban J connectivity index is 1.62. The number of rotatable bonds is 7. The zero-order chi connectivity index (χ0) is 19.1. The van der Waals surface area contributed by atoms with Gasteiger partial charge in [-0.3, -0.25) is 14.1 Å². The summed E-state index contributed by atoms with van der Waals surface area (Å²) in [5.41, 5.74) is 5.18. The van der Waals surface area contributed by atoms with Crippen LogP contribution in [0.1, 0.15) is 37.4 Å². The van der Waals surface area contributed by atoms with Crippen LogP contribution in [0.15, 0.2) is 53.5 Å². The molecule has 0 radical (unpaired) electrons. The highest BCUT2D eigenvalue weighted by atomic mass is 16.2. The summed E-state index contributed by atoms with van der Waals surface area (Å²) >= 11 is 0. The van der Waals surface area contributed by atoms with Crippen LogP contribution >= 0.6 is 0 Å². The normalized spacial score (nSPS) is 14.3. The molecule has 0 amide bonds. The predicted molar refractivity (Wildman–Crippen MR) is 110 cm³/mol. The molecule has 0 spiro atoms. The SMILES string of the molecule is O=c1n(Cc2cc3ncccc3n2CCCCO)c2ccccc2n1C1CC1. The van der Waals surface area contributed by atoms with E-state index in [0.29, 0.717) is 12.6 Å². The number of aromatic nitrogens is 4. The van der Waals surface area contributed by atoms with Gasteiger partial charge in [0.15, 0.2) is 0 Å². The van der Waals surface area contributed by atoms with Crippen molar-refractivity contribution in [2.24, 2.45) is 0 Å². The first-order valence-electron chi connectivity index (χ1n) is 10.0. The van der Waals surface area contributed by atoms with Gasteiger partial charge in [-0.1, -0.05) is 12.1 Å². The molecule has 0 aliphatic heterocycles. The molecule has 4 aromatic rings. The third-order valence-corrected chi connectivity index (χ3v) is 5.65. The van der Waals surface area contributed by atoms with Crippen LogP contribution in [0.2, 0.25) is 0 Å². The Bertz CT molecular complexity index is 1200. The summed E-state index contributed by atoms with van der Waals surface area (Å²) in [5, 5.41) is 9.16. The lowest BCUT2D eigenvalue weighted by atomic mass is 10.3. The summed E-state index contributed by atoms with van der Waals surface area (Å²) in [5.74, 6) is 0. The van der Waals surface area contributed by atoms with Crippen LogP contribution in [0.5, 0.6) is 0 Å². The molecule has 1 aliphatic rings. The van der Waals surface area contributed by atoms with Gasteiger partial charge in [-0.05, 0) is 56.0 Å². The molecule has 144 valence electrons. The molecule has 1 aromatic carbocycles. The fraction of sp³-hybridized carbons (Fsp3) is 0.364. The Morgan fingerprint density at radius 3 is 2.57 bits per heavy atom. The molecular weight excluding hydrogens is 352 g/mol. The zero-order valence-corrected chi connectivity index (χ0v) is 15.8. The number of hydrogen-bond donors (Lipinski definition) is 1. The average Bonchev–Trinajstić information content (AvgIpc) is 3.43. The molecule has 0 bridgehead atoms. The van der Waals surface area contributed by atoms with E-state index in [1.807, 2.05) is 39.5 Å². The molecule has 28 heavy (non-hydrogen) atoms. The van der Waals surface area contributed by atoms with E-state index in [2.05, 4.69) is 21.7 Å². The van der Waals surface area contributed by atoms with Crippen LogP contribution < -0.4 is 5.69 Å². The summed E-state index contributed by atoms with van der Waals surface area (Å²) in [6.45, 7) is 1.52. The Labute approximate surface area is 162 Å². The Morgan fingerprint density at radius 1 is 1.00 bits per heavy atom. The van der Waals surface area contributed by atoms with Crippen molar-refractivity contribution >= 4 is 22.1 Å². The molecule has 0 atom stereocenters. The minimum Gasteiger partial charge on any atom is -0.396 e. The van der Waals surface area contributed by atoms with E-state index in [-0.39, 0.29) is 12.3 Å². The van der Waals surface area contributed by atoms with Crippen LogP contribution in [-0.2, 0) is 13.1 Å². The van der Waals surface area contributed by atoms with E-state index in [1.165, 1.54) is 0 Å². The Morgan fingerprint density at radius 2 is 1.79 bits per heavy atom.